The van der Waals surface area contributed by atoms with Gasteiger partial charge in [0.05, 0.1) is 5.69 Å². The Hall–Kier alpha value is -0.870. The summed E-state index contributed by atoms with van der Waals surface area (Å²) in [6, 6.07) is 1.87. The first-order valence-electron chi connectivity index (χ1n) is 5.01. The molecule has 80 valence electrons. The third-order valence-electron chi connectivity index (χ3n) is 1.91. The quantitative estimate of drug-likeness (QED) is 0.643. The van der Waals surface area contributed by atoms with Gasteiger partial charge >= 0.3 is 0 Å². The molecule has 0 fully saturated rings. The lowest BCUT2D eigenvalue weighted by molar-refractivity contribution is 0.123. The van der Waals surface area contributed by atoms with E-state index in [1.54, 1.807) is 6.26 Å². The van der Waals surface area contributed by atoms with Crippen LogP contribution in [0.2, 0.25) is 0 Å². The number of unbranched alkanes of at least 4 members (excludes halogenated alkanes) is 1. The van der Waals surface area contributed by atoms with Gasteiger partial charge in [0.1, 0.15) is 6.26 Å². The zero-order chi connectivity index (χ0) is 10.1. The highest BCUT2D eigenvalue weighted by atomic mass is 16.5. The molecule has 0 bridgehead atoms. The normalized spacial score (nSPS) is 10.6. The molecule has 1 N–H and O–H groups in total. The van der Waals surface area contributed by atoms with Gasteiger partial charge < -0.3 is 14.4 Å². The number of ether oxygens (including phenoxy) is 1. The molecule has 0 atom stereocenters. The average molecular weight is 199 g/mol. The van der Waals surface area contributed by atoms with E-state index in [-0.39, 0.29) is 6.61 Å². The Bertz CT molecular complexity index is 211. The Kier molecular flexibility index (Phi) is 6.02. The van der Waals surface area contributed by atoms with Crippen LogP contribution in [0.25, 0.3) is 0 Å². The number of aliphatic hydroxyl groups excluding tert-OH is 1. The van der Waals surface area contributed by atoms with Crippen LogP contribution in [-0.4, -0.2) is 30.1 Å². The molecule has 1 aromatic rings. The molecule has 14 heavy (non-hydrogen) atoms. The summed E-state index contributed by atoms with van der Waals surface area (Å²) >= 11 is 0. The Labute approximate surface area is 83.9 Å². The highest BCUT2D eigenvalue weighted by Crippen LogP contribution is 1.99. The van der Waals surface area contributed by atoms with Gasteiger partial charge in [0.2, 0.25) is 0 Å². The maximum absolute atomic E-state index is 8.52. The van der Waals surface area contributed by atoms with E-state index in [9.17, 15) is 0 Å². The lowest BCUT2D eigenvalue weighted by atomic mass is 10.2. The minimum Gasteiger partial charge on any atom is -0.396 e. The lowest BCUT2D eigenvalue weighted by Gasteiger charge is -2.01. The van der Waals surface area contributed by atoms with Gasteiger partial charge in [-0.2, -0.15) is 0 Å². The summed E-state index contributed by atoms with van der Waals surface area (Å²) in [5.74, 6) is 0. The third kappa shape index (κ3) is 4.99. The summed E-state index contributed by atoms with van der Waals surface area (Å²) in [5.41, 5.74) is 0.976. The van der Waals surface area contributed by atoms with Crippen molar-refractivity contribution < 1.29 is 14.4 Å². The smallest absolute Gasteiger partial charge is 0.124 e. The minimum atomic E-state index is 0.252. The van der Waals surface area contributed by atoms with E-state index >= 15 is 0 Å². The molecular weight excluding hydrogens is 182 g/mol. The first-order valence-corrected chi connectivity index (χ1v) is 5.01. The first kappa shape index (κ1) is 11.2. The molecule has 0 aliphatic rings. The molecular formula is C10H17NO3. The van der Waals surface area contributed by atoms with Crippen LogP contribution in [-0.2, 0) is 11.2 Å². The highest BCUT2D eigenvalue weighted by Gasteiger charge is 1.96. The van der Waals surface area contributed by atoms with Crippen molar-refractivity contribution in [3.05, 3.63) is 18.0 Å². The molecule has 4 heteroatoms. The molecule has 0 spiro atoms. The molecule has 0 aromatic carbocycles. The zero-order valence-electron chi connectivity index (χ0n) is 8.32. The lowest BCUT2D eigenvalue weighted by Crippen LogP contribution is -1.99. The van der Waals surface area contributed by atoms with Crippen LogP contribution in [0.4, 0.5) is 0 Å². The van der Waals surface area contributed by atoms with Crippen molar-refractivity contribution in [1.82, 2.24) is 5.16 Å². The summed E-state index contributed by atoms with van der Waals surface area (Å²) < 4.78 is 10.1. The zero-order valence-corrected chi connectivity index (χ0v) is 8.32. The number of aliphatic hydroxyl groups is 1. The van der Waals surface area contributed by atoms with Gasteiger partial charge in [-0.25, -0.2) is 0 Å². The van der Waals surface area contributed by atoms with Gasteiger partial charge in [0.25, 0.3) is 0 Å². The predicted octanol–water partition coefficient (Wildman–Crippen LogP) is 1.40. The van der Waals surface area contributed by atoms with Gasteiger partial charge in [-0.1, -0.05) is 5.16 Å². The van der Waals surface area contributed by atoms with Gasteiger partial charge in [-0.15, -0.1) is 0 Å². The van der Waals surface area contributed by atoms with E-state index in [0.717, 1.165) is 44.6 Å². The number of hydrogen-bond donors (Lipinski definition) is 1. The van der Waals surface area contributed by atoms with Crippen LogP contribution in [0, 0.1) is 0 Å². The van der Waals surface area contributed by atoms with E-state index in [1.807, 2.05) is 6.07 Å². The van der Waals surface area contributed by atoms with Crippen LogP contribution in [0.1, 0.15) is 25.0 Å². The molecule has 0 unspecified atom stereocenters. The second kappa shape index (κ2) is 7.53. The summed E-state index contributed by atoms with van der Waals surface area (Å²) in [4.78, 5) is 0. The molecule has 0 aliphatic carbocycles. The van der Waals surface area contributed by atoms with Crippen LogP contribution in [0.5, 0.6) is 0 Å². The van der Waals surface area contributed by atoms with Crippen LogP contribution >= 0.6 is 0 Å². The fourth-order valence-electron chi connectivity index (χ4n) is 1.14. The summed E-state index contributed by atoms with van der Waals surface area (Å²) in [7, 11) is 0. The van der Waals surface area contributed by atoms with Gasteiger partial charge in [0, 0.05) is 25.9 Å². The Morgan fingerprint density at radius 3 is 2.86 bits per heavy atom. The Balaban J connectivity index is 1.85. The van der Waals surface area contributed by atoms with Gasteiger partial charge in [-0.05, 0) is 25.7 Å². The number of aryl methyl sites for hydroxylation is 1. The van der Waals surface area contributed by atoms with Crippen molar-refractivity contribution in [2.45, 2.75) is 25.7 Å². The van der Waals surface area contributed by atoms with Crippen LogP contribution in [0.15, 0.2) is 16.9 Å². The molecule has 4 nitrogen and oxygen atoms in total. The monoisotopic (exact) mass is 199 g/mol. The van der Waals surface area contributed by atoms with Crippen LogP contribution < -0.4 is 0 Å². The molecule has 0 saturated carbocycles. The second-order valence-electron chi connectivity index (χ2n) is 3.14. The largest absolute Gasteiger partial charge is 0.396 e. The number of rotatable bonds is 8. The van der Waals surface area contributed by atoms with Crippen molar-refractivity contribution >= 4 is 0 Å². The average Bonchev–Trinajstić information content (AvgIpc) is 2.69. The molecule has 1 rings (SSSR count). The van der Waals surface area contributed by atoms with E-state index < -0.39 is 0 Å². The van der Waals surface area contributed by atoms with Crippen molar-refractivity contribution in [1.29, 1.82) is 0 Å². The molecule has 0 saturated heterocycles. The Morgan fingerprint density at radius 1 is 1.29 bits per heavy atom. The van der Waals surface area contributed by atoms with Crippen molar-refractivity contribution in [2.24, 2.45) is 0 Å². The van der Waals surface area contributed by atoms with Gasteiger partial charge in [-0.3, -0.25) is 0 Å². The minimum absolute atomic E-state index is 0.252. The van der Waals surface area contributed by atoms with E-state index in [1.165, 1.54) is 0 Å². The van der Waals surface area contributed by atoms with E-state index in [4.69, 9.17) is 14.4 Å². The maximum Gasteiger partial charge on any atom is 0.124 e. The SMILES string of the molecule is OCCCCOCCCc1ccon1. The summed E-state index contributed by atoms with van der Waals surface area (Å²) in [6.07, 6.45) is 5.20. The molecule has 1 aromatic heterocycles. The van der Waals surface area contributed by atoms with Crippen molar-refractivity contribution in [3.8, 4) is 0 Å². The molecule has 0 aliphatic heterocycles. The van der Waals surface area contributed by atoms with Crippen LogP contribution in [0.3, 0.4) is 0 Å². The van der Waals surface area contributed by atoms with E-state index in [0.29, 0.717) is 0 Å². The van der Waals surface area contributed by atoms with Gasteiger partial charge in [0.15, 0.2) is 0 Å². The highest BCUT2D eigenvalue weighted by molar-refractivity contribution is 4.94. The molecule has 1 heterocycles. The van der Waals surface area contributed by atoms with E-state index in [2.05, 4.69) is 5.16 Å². The predicted molar refractivity (Wildman–Crippen MR) is 52.0 cm³/mol. The number of hydrogen-bond acceptors (Lipinski definition) is 4. The second-order valence-corrected chi connectivity index (χ2v) is 3.14. The van der Waals surface area contributed by atoms with Crippen molar-refractivity contribution in [2.75, 3.05) is 19.8 Å². The fourth-order valence-corrected chi connectivity index (χ4v) is 1.14. The number of aromatic nitrogens is 1. The maximum atomic E-state index is 8.52. The summed E-state index contributed by atoms with van der Waals surface area (Å²) in [6.45, 7) is 1.74. The first-order chi connectivity index (χ1) is 6.93. The molecule has 0 radical (unpaired) electrons. The third-order valence-corrected chi connectivity index (χ3v) is 1.91. The van der Waals surface area contributed by atoms with Crippen molar-refractivity contribution in [3.63, 3.8) is 0 Å². The summed E-state index contributed by atoms with van der Waals surface area (Å²) in [5, 5.41) is 12.3. The standard InChI is InChI=1S/C10H17NO3/c12-6-1-2-7-13-8-3-4-10-5-9-14-11-10/h5,9,12H,1-4,6-8H2. The molecule has 0 amide bonds. The Morgan fingerprint density at radius 2 is 2.14 bits per heavy atom. The topological polar surface area (TPSA) is 55.5 Å². The number of nitrogens with zero attached hydrogens (tertiary/aromatic N) is 1. The fraction of sp³-hybridized carbons (Fsp3) is 0.700.